The van der Waals surface area contributed by atoms with Gasteiger partial charge in [-0.15, -0.1) is 10.2 Å². The highest BCUT2D eigenvalue weighted by Gasteiger charge is 2.33. The van der Waals surface area contributed by atoms with E-state index in [0.29, 0.717) is 30.5 Å². The minimum Gasteiger partial charge on any atom is -0.495 e. The average molecular weight is 488 g/mol. The van der Waals surface area contributed by atoms with Crippen molar-refractivity contribution < 1.29 is 19.1 Å². The Morgan fingerprint density at radius 2 is 1.82 bits per heavy atom. The lowest BCUT2D eigenvalue weighted by Gasteiger charge is -2.34. The van der Waals surface area contributed by atoms with E-state index in [0.717, 1.165) is 50.4 Å². The summed E-state index contributed by atoms with van der Waals surface area (Å²) in [4.78, 5) is 29.5. The molecule has 4 rings (SSSR count). The molecule has 9 nitrogen and oxygen atoms in total. The minimum atomic E-state index is -0.502. The van der Waals surface area contributed by atoms with Crippen molar-refractivity contribution in [2.45, 2.75) is 56.6 Å². The highest BCUT2D eigenvalue weighted by atomic mass is 32.2. The Balaban J connectivity index is 1.57. The van der Waals surface area contributed by atoms with Crippen molar-refractivity contribution in [1.82, 2.24) is 19.7 Å². The molecule has 1 unspecified atom stereocenters. The predicted octanol–water partition coefficient (Wildman–Crippen LogP) is 3.30. The van der Waals surface area contributed by atoms with Crippen molar-refractivity contribution in [3.63, 3.8) is 0 Å². The van der Waals surface area contributed by atoms with Gasteiger partial charge in [-0.05, 0) is 57.6 Å². The number of para-hydroxylation sites is 2. The number of likely N-dealkylation sites (tertiary alicyclic amines) is 1. The largest absolute Gasteiger partial charge is 0.495 e. The molecule has 1 atom stereocenters. The van der Waals surface area contributed by atoms with Crippen molar-refractivity contribution in [3.8, 4) is 11.4 Å². The first-order chi connectivity index (χ1) is 16.6. The number of aromatic nitrogens is 3. The molecule has 1 amide bonds. The monoisotopic (exact) mass is 487 g/mol. The number of carbonyl (C=O) groups is 2. The molecule has 0 bridgehead atoms. The molecule has 10 heteroatoms. The maximum atomic E-state index is 13.2. The van der Waals surface area contributed by atoms with Crippen molar-refractivity contribution in [1.29, 1.82) is 0 Å². The van der Waals surface area contributed by atoms with Gasteiger partial charge < -0.3 is 19.3 Å². The molecule has 0 N–H and O–H groups in total. The summed E-state index contributed by atoms with van der Waals surface area (Å²) >= 11 is 1.34. The number of rotatable bonds is 8. The van der Waals surface area contributed by atoms with Gasteiger partial charge in [-0.25, -0.2) is 4.79 Å². The van der Waals surface area contributed by atoms with Gasteiger partial charge in [-0.1, -0.05) is 23.9 Å². The number of methoxy groups -OCH3 is 1. The first-order valence-electron chi connectivity index (χ1n) is 12.1. The lowest BCUT2D eigenvalue weighted by molar-refractivity contribution is -0.155. The van der Waals surface area contributed by atoms with Crippen LogP contribution in [0.4, 0.5) is 5.95 Å². The predicted molar refractivity (Wildman–Crippen MR) is 131 cm³/mol. The zero-order valence-electron chi connectivity index (χ0n) is 19.9. The van der Waals surface area contributed by atoms with Gasteiger partial charge in [0.2, 0.25) is 11.9 Å². The van der Waals surface area contributed by atoms with E-state index in [2.05, 4.69) is 15.1 Å². The van der Waals surface area contributed by atoms with E-state index in [1.165, 1.54) is 18.2 Å². The molecule has 184 valence electrons. The van der Waals surface area contributed by atoms with Crippen LogP contribution in [0, 0.1) is 0 Å². The van der Waals surface area contributed by atoms with E-state index in [1.54, 1.807) is 18.9 Å². The zero-order chi connectivity index (χ0) is 23.9. The van der Waals surface area contributed by atoms with Crippen molar-refractivity contribution in [2.24, 2.45) is 0 Å². The second kappa shape index (κ2) is 11.6. The van der Waals surface area contributed by atoms with Crippen LogP contribution in [0.1, 0.15) is 45.4 Å². The molecular weight excluding hydrogens is 454 g/mol. The number of benzene rings is 1. The fourth-order valence-electron chi connectivity index (χ4n) is 4.60. The van der Waals surface area contributed by atoms with Crippen molar-refractivity contribution in [2.75, 3.05) is 44.0 Å². The summed E-state index contributed by atoms with van der Waals surface area (Å²) in [6.07, 6.45) is 5.90. The van der Waals surface area contributed by atoms with Crippen LogP contribution in [-0.4, -0.2) is 76.7 Å². The van der Waals surface area contributed by atoms with Crippen molar-refractivity contribution in [3.05, 3.63) is 24.3 Å². The van der Waals surface area contributed by atoms with E-state index < -0.39 is 6.04 Å². The summed E-state index contributed by atoms with van der Waals surface area (Å²) in [5.74, 6) is 1.25. The quantitative estimate of drug-likeness (QED) is 0.414. The smallest absolute Gasteiger partial charge is 0.328 e. The van der Waals surface area contributed by atoms with Crippen LogP contribution in [0.2, 0.25) is 0 Å². The molecule has 3 heterocycles. The molecule has 0 aliphatic carbocycles. The third-order valence-electron chi connectivity index (χ3n) is 6.29. The van der Waals surface area contributed by atoms with E-state index in [-0.39, 0.29) is 17.6 Å². The fraction of sp³-hybridized carbons (Fsp3) is 0.583. The molecule has 1 aromatic carbocycles. The third-order valence-corrected chi connectivity index (χ3v) is 7.20. The maximum absolute atomic E-state index is 13.2. The standard InChI is InChI=1S/C24H33N5O4S/c1-3-33-22(31)19-12-7-10-16-28(19)21(30)17-34-24-26-25-23(27-14-8-4-9-15-27)29(24)18-11-5-6-13-20(18)32-2/h5-6,11,13,19H,3-4,7-10,12,14-17H2,1-2H3. The van der Waals surface area contributed by atoms with Crippen LogP contribution in [0.5, 0.6) is 5.75 Å². The summed E-state index contributed by atoms with van der Waals surface area (Å²) in [6.45, 7) is 4.51. The molecule has 0 radical (unpaired) electrons. The van der Waals surface area contributed by atoms with E-state index in [9.17, 15) is 9.59 Å². The maximum Gasteiger partial charge on any atom is 0.328 e. The fourth-order valence-corrected chi connectivity index (χ4v) is 5.43. The average Bonchev–Trinajstić information content (AvgIpc) is 3.31. The Morgan fingerprint density at radius 1 is 1.06 bits per heavy atom. The first-order valence-corrected chi connectivity index (χ1v) is 13.0. The third kappa shape index (κ3) is 5.32. The highest BCUT2D eigenvalue weighted by molar-refractivity contribution is 7.99. The number of piperidine rings is 2. The Bertz CT molecular complexity index is 991. The van der Waals surface area contributed by atoms with Gasteiger partial charge >= 0.3 is 5.97 Å². The first kappa shape index (κ1) is 24.4. The highest BCUT2D eigenvalue weighted by Crippen LogP contribution is 2.33. The summed E-state index contributed by atoms with van der Waals surface area (Å²) < 4.78 is 12.8. The Labute approximate surface area is 204 Å². The molecule has 0 spiro atoms. The molecule has 34 heavy (non-hydrogen) atoms. The number of hydrogen-bond donors (Lipinski definition) is 0. The summed E-state index contributed by atoms with van der Waals surface area (Å²) in [5, 5.41) is 9.60. The number of nitrogens with zero attached hydrogens (tertiary/aromatic N) is 5. The normalized spacial score (nSPS) is 18.6. The number of esters is 1. The topological polar surface area (TPSA) is 89.8 Å². The van der Waals surface area contributed by atoms with E-state index in [4.69, 9.17) is 9.47 Å². The van der Waals surface area contributed by atoms with Gasteiger partial charge in [0.15, 0.2) is 5.16 Å². The van der Waals surface area contributed by atoms with Gasteiger partial charge in [-0.2, -0.15) is 0 Å². The Hall–Kier alpha value is -2.75. The summed E-state index contributed by atoms with van der Waals surface area (Å²) in [7, 11) is 1.64. The van der Waals surface area contributed by atoms with Gasteiger partial charge in [0.1, 0.15) is 11.8 Å². The molecule has 2 fully saturated rings. The zero-order valence-corrected chi connectivity index (χ0v) is 20.8. The van der Waals surface area contributed by atoms with Gasteiger partial charge in [0, 0.05) is 19.6 Å². The molecular formula is C24H33N5O4S. The second-order valence-electron chi connectivity index (χ2n) is 8.48. The summed E-state index contributed by atoms with van der Waals surface area (Å²) in [6, 6.07) is 7.26. The number of amides is 1. The van der Waals surface area contributed by atoms with E-state index >= 15 is 0 Å². The number of anilines is 1. The van der Waals surface area contributed by atoms with Crippen LogP contribution in [-0.2, 0) is 14.3 Å². The lowest BCUT2D eigenvalue weighted by Crippen LogP contribution is -2.49. The minimum absolute atomic E-state index is 0.0862. The number of carbonyl (C=O) groups excluding carboxylic acids is 2. The number of thioether (sulfide) groups is 1. The molecule has 2 aliphatic heterocycles. The molecule has 2 saturated heterocycles. The van der Waals surface area contributed by atoms with Gasteiger partial charge in [0.05, 0.1) is 25.2 Å². The van der Waals surface area contributed by atoms with Gasteiger partial charge in [0.25, 0.3) is 0 Å². The molecule has 1 aromatic heterocycles. The Kier molecular flexibility index (Phi) is 8.31. The molecule has 2 aromatic rings. The Morgan fingerprint density at radius 3 is 2.59 bits per heavy atom. The number of ether oxygens (including phenoxy) is 2. The van der Waals surface area contributed by atoms with E-state index in [1.807, 2.05) is 28.8 Å². The van der Waals surface area contributed by atoms with Crippen LogP contribution in [0.15, 0.2) is 29.4 Å². The second-order valence-corrected chi connectivity index (χ2v) is 9.42. The van der Waals surface area contributed by atoms with Crippen LogP contribution in [0.3, 0.4) is 0 Å². The van der Waals surface area contributed by atoms with Crippen molar-refractivity contribution >= 4 is 29.6 Å². The molecule has 0 saturated carbocycles. The van der Waals surface area contributed by atoms with Crippen LogP contribution in [0.25, 0.3) is 5.69 Å². The number of hydrogen-bond acceptors (Lipinski definition) is 8. The SMILES string of the molecule is CCOC(=O)C1CCCCN1C(=O)CSc1nnc(N2CCCCC2)n1-c1ccccc1OC. The van der Waals surface area contributed by atoms with Crippen LogP contribution < -0.4 is 9.64 Å². The molecule has 2 aliphatic rings. The summed E-state index contributed by atoms with van der Waals surface area (Å²) in [5.41, 5.74) is 0.841. The lowest BCUT2D eigenvalue weighted by atomic mass is 10.0. The van der Waals surface area contributed by atoms with Crippen LogP contribution >= 0.6 is 11.8 Å². The van der Waals surface area contributed by atoms with Gasteiger partial charge in [-0.3, -0.25) is 9.36 Å².